The molecule has 0 unspecified atom stereocenters. The lowest BCUT2D eigenvalue weighted by molar-refractivity contribution is -0.107. The van der Waals surface area contributed by atoms with Crippen LogP contribution >= 0.6 is 0 Å². The highest BCUT2D eigenvalue weighted by molar-refractivity contribution is 5.50. The van der Waals surface area contributed by atoms with Gasteiger partial charge in [0, 0.05) is 17.5 Å². The van der Waals surface area contributed by atoms with Gasteiger partial charge in [-0.1, -0.05) is 12.1 Å². The second-order valence-corrected chi connectivity index (χ2v) is 3.26. The molecule has 16 heavy (non-hydrogen) atoms. The third-order valence-electron chi connectivity index (χ3n) is 2.19. The summed E-state index contributed by atoms with van der Waals surface area (Å²) in [5.41, 5.74) is -0.476. The molecule has 0 aromatic heterocycles. The van der Waals surface area contributed by atoms with Crippen LogP contribution in [0, 0.1) is 0 Å². The number of rotatable bonds is 5. The summed E-state index contributed by atoms with van der Waals surface area (Å²) in [7, 11) is 0. The van der Waals surface area contributed by atoms with Gasteiger partial charge in [0.05, 0.1) is 0 Å². The first-order valence-electron chi connectivity index (χ1n) is 4.69. The van der Waals surface area contributed by atoms with Gasteiger partial charge in [-0.05, 0) is 18.1 Å². The smallest absolute Gasteiger partial charge is 0.264 e. The quantitative estimate of drug-likeness (QED) is 0.561. The van der Waals surface area contributed by atoms with E-state index in [0.717, 1.165) is 18.2 Å². The SMILES string of the molecule is O=CCCc1cc(C(F)F)ccc1C(F)F. The summed E-state index contributed by atoms with van der Waals surface area (Å²) >= 11 is 0. The van der Waals surface area contributed by atoms with Gasteiger partial charge in [-0.25, -0.2) is 17.6 Å². The molecule has 88 valence electrons. The van der Waals surface area contributed by atoms with Crippen molar-refractivity contribution in [2.75, 3.05) is 0 Å². The molecule has 0 atom stereocenters. The normalized spacial score (nSPS) is 11.1. The van der Waals surface area contributed by atoms with Crippen molar-refractivity contribution < 1.29 is 22.4 Å². The molecule has 0 spiro atoms. The fourth-order valence-corrected chi connectivity index (χ4v) is 1.41. The minimum Gasteiger partial charge on any atom is -0.303 e. The van der Waals surface area contributed by atoms with E-state index in [1.165, 1.54) is 0 Å². The lowest BCUT2D eigenvalue weighted by atomic mass is 10.0. The Morgan fingerprint density at radius 3 is 2.31 bits per heavy atom. The van der Waals surface area contributed by atoms with Gasteiger partial charge in [0.2, 0.25) is 0 Å². The third kappa shape index (κ3) is 3.05. The van der Waals surface area contributed by atoms with E-state index in [4.69, 9.17) is 0 Å². The van der Waals surface area contributed by atoms with E-state index in [9.17, 15) is 22.4 Å². The topological polar surface area (TPSA) is 17.1 Å². The molecule has 0 amide bonds. The summed E-state index contributed by atoms with van der Waals surface area (Å²) in [4.78, 5) is 10.1. The highest BCUT2D eigenvalue weighted by Crippen LogP contribution is 2.28. The third-order valence-corrected chi connectivity index (χ3v) is 2.19. The second-order valence-electron chi connectivity index (χ2n) is 3.26. The molecule has 0 saturated heterocycles. The van der Waals surface area contributed by atoms with Crippen LogP contribution in [0.25, 0.3) is 0 Å². The average molecular weight is 234 g/mol. The molecule has 0 aliphatic rings. The predicted molar refractivity (Wildman–Crippen MR) is 50.7 cm³/mol. The van der Waals surface area contributed by atoms with E-state index in [1.54, 1.807) is 0 Å². The molecule has 1 nitrogen and oxygen atoms in total. The van der Waals surface area contributed by atoms with Crippen molar-refractivity contribution in [2.45, 2.75) is 25.7 Å². The first-order chi connectivity index (χ1) is 7.56. The molecular formula is C11H10F4O. The van der Waals surface area contributed by atoms with E-state index >= 15 is 0 Å². The van der Waals surface area contributed by atoms with E-state index < -0.39 is 12.9 Å². The zero-order chi connectivity index (χ0) is 12.1. The minimum absolute atomic E-state index is 0.0480. The van der Waals surface area contributed by atoms with Crippen molar-refractivity contribution in [1.29, 1.82) is 0 Å². The Morgan fingerprint density at radius 1 is 1.12 bits per heavy atom. The highest BCUT2D eigenvalue weighted by atomic mass is 19.3. The molecule has 0 bridgehead atoms. The molecule has 0 saturated carbocycles. The van der Waals surface area contributed by atoms with Crippen molar-refractivity contribution in [3.05, 3.63) is 34.9 Å². The number of carbonyl (C=O) groups is 1. The number of carbonyl (C=O) groups excluding carboxylic acids is 1. The lowest BCUT2D eigenvalue weighted by Crippen LogP contribution is -1.98. The van der Waals surface area contributed by atoms with Crippen molar-refractivity contribution in [2.24, 2.45) is 0 Å². The summed E-state index contributed by atoms with van der Waals surface area (Å²) in [5.74, 6) is 0. The number of aryl methyl sites for hydroxylation is 1. The maximum atomic E-state index is 12.5. The van der Waals surface area contributed by atoms with Gasteiger partial charge >= 0.3 is 0 Å². The molecule has 1 rings (SSSR count). The van der Waals surface area contributed by atoms with Gasteiger partial charge in [0.15, 0.2) is 0 Å². The number of halogens is 4. The van der Waals surface area contributed by atoms with E-state index in [-0.39, 0.29) is 29.5 Å². The number of benzene rings is 1. The van der Waals surface area contributed by atoms with Crippen LogP contribution in [0.3, 0.4) is 0 Å². The second kappa shape index (κ2) is 5.63. The van der Waals surface area contributed by atoms with Crippen LogP contribution in [0.1, 0.15) is 36.0 Å². The van der Waals surface area contributed by atoms with Gasteiger partial charge in [-0.3, -0.25) is 0 Å². The largest absolute Gasteiger partial charge is 0.303 e. The Bertz CT molecular complexity index is 363. The monoisotopic (exact) mass is 234 g/mol. The molecular weight excluding hydrogens is 224 g/mol. The van der Waals surface area contributed by atoms with Crippen molar-refractivity contribution in [1.82, 2.24) is 0 Å². The summed E-state index contributed by atoms with van der Waals surface area (Å²) in [6.07, 6.45) is -4.73. The number of alkyl halides is 4. The van der Waals surface area contributed by atoms with Crippen LogP contribution in [-0.2, 0) is 11.2 Å². The summed E-state index contributed by atoms with van der Waals surface area (Å²) in [5, 5.41) is 0. The Morgan fingerprint density at radius 2 is 1.81 bits per heavy atom. The van der Waals surface area contributed by atoms with Crippen LogP contribution < -0.4 is 0 Å². The predicted octanol–water partition coefficient (Wildman–Crippen LogP) is 3.69. The highest BCUT2D eigenvalue weighted by Gasteiger charge is 2.15. The van der Waals surface area contributed by atoms with Crippen LogP contribution in [0.5, 0.6) is 0 Å². The van der Waals surface area contributed by atoms with Gasteiger partial charge in [0.1, 0.15) is 6.29 Å². The fourth-order valence-electron chi connectivity index (χ4n) is 1.41. The zero-order valence-corrected chi connectivity index (χ0v) is 8.30. The Kier molecular flexibility index (Phi) is 4.46. The van der Waals surface area contributed by atoms with E-state index in [2.05, 4.69) is 0 Å². The number of aldehydes is 1. The van der Waals surface area contributed by atoms with Crippen molar-refractivity contribution in [3.8, 4) is 0 Å². The van der Waals surface area contributed by atoms with Crippen LogP contribution in [0.4, 0.5) is 17.6 Å². The molecule has 1 aromatic rings. The van der Waals surface area contributed by atoms with E-state index in [1.807, 2.05) is 0 Å². The van der Waals surface area contributed by atoms with Gasteiger partial charge in [0.25, 0.3) is 12.9 Å². The Labute approximate surface area is 90.1 Å². The van der Waals surface area contributed by atoms with Crippen molar-refractivity contribution >= 4 is 6.29 Å². The summed E-state index contributed by atoms with van der Waals surface area (Å²) in [6, 6.07) is 3.01. The number of hydrogen-bond donors (Lipinski definition) is 0. The molecule has 5 heteroatoms. The molecule has 0 radical (unpaired) electrons. The zero-order valence-electron chi connectivity index (χ0n) is 8.30. The average Bonchev–Trinajstić information content (AvgIpc) is 2.25. The summed E-state index contributed by atoms with van der Waals surface area (Å²) < 4.78 is 49.7. The Hall–Kier alpha value is -1.39. The lowest BCUT2D eigenvalue weighted by Gasteiger charge is -2.09. The molecule has 0 heterocycles. The molecule has 0 fully saturated rings. The van der Waals surface area contributed by atoms with Gasteiger partial charge in [-0.15, -0.1) is 0 Å². The van der Waals surface area contributed by atoms with Gasteiger partial charge < -0.3 is 4.79 Å². The maximum absolute atomic E-state index is 12.5. The standard InChI is InChI=1S/C11H10F4O/c12-10(13)8-3-4-9(11(14)15)7(6-8)2-1-5-16/h3-6,10-11H,1-2H2. The van der Waals surface area contributed by atoms with Crippen LogP contribution in [0.15, 0.2) is 18.2 Å². The molecule has 1 aromatic carbocycles. The summed E-state index contributed by atoms with van der Waals surface area (Å²) in [6.45, 7) is 0. The minimum atomic E-state index is -2.71. The first kappa shape index (κ1) is 12.7. The Balaban J connectivity index is 3.05. The molecule has 0 N–H and O–H groups in total. The maximum Gasteiger partial charge on any atom is 0.264 e. The molecule has 0 aliphatic heterocycles. The van der Waals surface area contributed by atoms with Crippen LogP contribution in [0.2, 0.25) is 0 Å². The van der Waals surface area contributed by atoms with Crippen molar-refractivity contribution in [3.63, 3.8) is 0 Å². The van der Waals surface area contributed by atoms with Gasteiger partial charge in [-0.2, -0.15) is 0 Å². The number of hydrogen-bond acceptors (Lipinski definition) is 1. The molecule has 0 aliphatic carbocycles. The fraction of sp³-hybridized carbons (Fsp3) is 0.364. The van der Waals surface area contributed by atoms with Crippen LogP contribution in [-0.4, -0.2) is 6.29 Å². The van der Waals surface area contributed by atoms with E-state index in [0.29, 0.717) is 6.29 Å². The first-order valence-corrected chi connectivity index (χ1v) is 4.69.